The van der Waals surface area contributed by atoms with Crippen LogP contribution in [-0.4, -0.2) is 17.9 Å². The van der Waals surface area contributed by atoms with Gasteiger partial charge in [0.2, 0.25) is 5.91 Å². The van der Waals surface area contributed by atoms with Gasteiger partial charge in [-0.25, -0.2) is 4.39 Å². The maximum atomic E-state index is 13.1. The van der Waals surface area contributed by atoms with Crippen molar-refractivity contribution in [2.45, 2.75) is 23.1 Å². The van der Waals surface area contributed by atoms with Gasteiger partial charge in [0, 0.05) is 17.1 Å². The van der Waals surface area contributed by atoms with Gasteiger partial charge in [0.25, 0.3) is 5.91 Å². The van der Waals surface area contributed by atoms with E-state index in [9.17, 15) is 14.0 Å². The SMILES string of the molecule is NC(=O)[C@@H](Cc1ccccc1)NC(=O)c1ccccc1SCc1ccc(F)cc1. The molecule has 0 aromatic heterocycles. The summed E-state index contributed by atoms with van der Waals surface area (Å²) in [7, 11) is 0. The van der Waals surface area contributed by atoms with Gasteiger partial charge in [-0.3, -0.25) is 9.59 Å². The van der Waals surface area contributed by atoms with Crippen molar-refractivity contribution >= 4 is 23.6 Å². The van der Waals surface area contributed by atoms with Crippen molar-refractivity contribution in [2.24, 2.45) is 5.73 Å². The number of thioether (sulfide) groups is 1. The van der Waals surface area contributed by atoms with Crippen molar-refractivity contribution in [2.75, 3.05) is 0 Å². The summed E-state index contributed by atoms with van der Waals surface area (Å²) in [4.78, 5) is 25.5. The predicted molar refractivity (Wildman–Crippen MR) is 113 cm³/mol. The number of nitrogens with one attached hydrogen (secondary N) is 1. The number of nitrogens with two attached hydrogens (primary N) is 1. The molecule has 0 fully saturated rings. The first-order valence-corrected chi connectivity index (χ1v) is 10.1. The number of hydrogen-bond donors (Lipinski definition) is 2. The summed E-state index contributed by atoms with van der Waals surface area (Å²) in [6.45, 7) is 0. The van der Waals surface area contributed by atoms with Gasteiger partial charge < -0.3 is 11.1 Å². The molecule has 3 aromatic rings. The summed E-state index contributed by atoms with van der Waals surface area (Å²) in [6.07, 6.45) is 0.326. The molecule has 6 heteroatoms. The number of halogens is 1. The summed E-state index contributed by atoms with van der Waals surface area (Å²) in [5.41, 5.74) is 7.84. The molecule has 0 unspecified atom stereocenters. The molecule has 0 saturated carbocycles. The highest BCUT2D eigenvalue weighted by molar-refractivity contribution is 7.98. The van der Waals surface area contributed by atoms with Gasteiger partial charge in [-0.2, -0.15) is 0 Å². The summed E-state index contributed by atoms with van der Waals surface area (Å²) in [5.74, 6) is -0.631. The highest BCUT2D eigenvalue weighted by atomic mass is 32.2. The molecule has 0 aliphatic rings. The Kier molecular flexibility index (Phi) is 7.03. The molecule has 0 spiro atoms. The Morgan fingerprint density at radius 2 is 1.55 bits per heavy atom. The quantitative estimate of drug-likeness (QED) is 0.555. The topological polar surface area (TPSA) is 72.2 Å². The Bertz CT molecular complexity index is 978. The number of rotatable bonds is 8. The summed E-state index contributed by atoms with van der Waals surface area (Å²) < 4.78 is 13.1. The van der Waals surface area contributed by atoms with Crippen LogP contribution in [0.25, 0.3) is 0 Å². The standard InChI is InChI=1S/C23H21FN2O2S/c24-18-12-10-17(11-13-18)15-29-21-9-5-4-8-19(21)23(28)26-20(22(25)27)14-16-6-2-1-3-7-16/h1-13,20H,14-15H2,(H2,25,27)(H,26,28)/t20-/m1/s1. The second-order valence-electron chi connectivity index (χ2n) is 6.53. The fourth-order valence-corrected chi connectivity index (χ4v) is 3.84. The predicted octanol–water partition coefficient (Wildman–Crippen LogP) is 3.94. The lowest BCUT2D eigenvalue weighted by Crippen LogP contribution is -2.46. The third-order valence-corrected chi connectivity index (χ3v) is 5.52. The largest absolute Gasteiger partial charge is 0.368 e. The molecule has 1 atom stereocenters. The molecule has 0 aliphatic carbocycles. The van der Waals surface area contributed by atoms with E-state index in [4.69, 9.17) is 5.73 Å². The van der Waals surface area contributed by atoms with Crippen LogP contribution in [0, 0.1) is 5.82 Å². The molecular formula is C23H21FN2O2S. The van der Waals surface area contributed by atoms with E-state index in [0.29, 0.717) is 17.7 Å². The minimum absolute atomic E-state index is 0.283. The van der Waals surface area contributed by atoms with Crippen molar-refractivity contribution in [3.8, 4) is 0 Å². The third-order valence-electron chi connectivity index (χ3n) is 4.37. The second kappa shape index (κ2) is 9.89. The molecule has 2 amide bonds. The van der Waals surface area contributed by atoms with Crippen LogP contribution >= 0.6 is 11.8 Å². The third kappa shape index (κ3) is 5.93. The van der Waals surface area contributed by atoms with Crippen LogP contribution in [0.1, 0.15) is 21.5 Å². The lowest BCUT2D eigenvalue weighted by atomic mass is 10.0. The van der Waals surface area contributed by atoms with Gasteiger partial charge in [-0.15, -0.1) is 11.8 Å². The van der Waals surface area contributed by atoms with Crippen LogP contribution in [0.2, 0.25) is 0 Å². The zero-order chi connectivity index (χ0) is 20.6. The molecular weight excluding hydrogens is 387 g/mol. The molecule has 29 heavy (non-hydrogen) atoms. The Balaban J connectivity index is 1.71. The molecule has 0 saturated heterocycles. The van der Waals surface area contributed by atoms with Crippen molar-refractivity contribution < 1.29 is 14.0 Å². The van der Waals surface area contributed by atoms with Crippen molar-refractivity contribution in [3.63, 3.8) is 0 Å². The number of amides is 2. The first kappa shape index (κ1) is 20.6. The molecule has 0 heterocycles. The maximum absolute atomic E-state index is 13.1. The van der Waals surface area contributed by atoms with Crippen LogP contribution in [0.4, 0.5) is 4.39 Å². The van der Waals surface area contributed by atoms with E-state index in [0.717, 1.165) is 16.0 Å². The molecule has 0 radical (unpaired) electrons. The van der Waals surface area contributed by atoms with Crippen molar-refractivity contribution in [1.29, 1.82) is 0 Å². The van der Waals surface area contributed by atoms with Crippen LogP contribution in [-0.2, 0) is 17.0 Å². The first-order chi connectivity index (χ1) is 14.0. The van der Waals surface area contributed by atoms with Gasteiger partial charge in [-0.05, 0) is 35.4 Å². The molecule has 4 nitrogen and oxygen atoms in total. The van der Waals surface area contributed by atoms with E-state index in [1.165, 1.54) is 23.9 Å². The number of primary amides is 1. The average Bonchev–Trinajstić information content (AvgIpc) is 2.73. The second-order valence-corrected chi connectivity index (χ2v) is 7.55. The minimum Gasteiger partial charge on any atom is -0.368 e. The van der Waals surface area contributed by atoms with E-state index >= 15 is 0 Å². The van der Waals surface area contributed by atoms with E-state index in [1.807, 2.05) is 42.5 Å². The molecule has 3 aromatic carbocycles. The van der Waals surface area contributed by atoms with Gasteiger partial charge in [0.1, 0.15) is 11.9 Å². The Morgan fingerprint density at radius 3 is 2.24 bits per heavy atom. The van der Waals surface area contributed by atoms with Crippen LogP contribution < -0.4 is 11.1 Å². The minimum atomic E-state index is -0.806. The normalized spacial score (nSPS) is 11.6. The van der Waals surface area contributed by atoms with Gasteiger partial charge in [0.15, 0.2) is 0 Å². The fourth-order valence-electron chi connectivity index (χ4n) is 2.83. The van der Waals surface area contributed by atoms with E-state index in [1.54, 1.807) is 24.3 Å². The number of hydrogen-bond acceptors (Lipinski definition) is 3. The highest BCUT2D eigenvalue weighted by Gasteiger charge is 2.21. The van der Waals surface area contributed by atoms with E-state index in [2.05, 4.69) is 5.32 Å². The molecule has 0 aliphatic heterocycles. The smallest absolute Gasteiger partial charge is 0.253 e. The zero-order valence-electron chi connectivity index (χ0n) is 15.7. The number of benzene rings is 3. The molecule has 3 N–H and O–H groups in total. The highest BCUT2D eigenvalue weighted by Crippen LogP contribution is 2.26. The Hall–Kier alpha value is -3.12. The van der Waals surface area contributed by atoms with Crippen LogP contribution in [0.15, 0.2) is 83.8 Å². The summed E-state index contributed by atoms with van der Waals surface area (Å²) >= 11 is 1.47. The van der Waals surface area contributed by atoms with E-state index in [-0.39, 0.29) is 11.7 Å². The first-order valence-electron chi connectivity index (χ1n) is 9.13. The van der Waals surface area contributed by atoms with Gasteiger partial charge in [0.05, 0.1) is 5.56 Å². The van der Waals surface area contributed by atoms with Crippen molar-refractivity contribution in [1.82, 2.24) is 5.32 Å². The maximum Gasteiger partial charge on any atom is 0.253 e. The van der Waals surface area contributed by atoms with Crippen LogP contribution in [0.3, 0.4) is 0 Å². The number of carbonyl (C=O) groups is 2. The summed E-state index contributed by atoms with van der Waals surface area (Å²) in [5, 5.41) is 2.75. The lowest BCUT2D eigenvalue weighted by molar-refractivity contribution is -0.119. The number of carbonyl (C=O) groups excluding carboxylic acids is 2. The fraction of sp³-hybridized carbons (Fsp3) is 0.130. The van der Waals surface area contributed by atoms with E-state index < -0.39 is 11.9 Å². The zero-order valence-corrected chi connectivity index (χ0v) is 16.5. The molecule has 148 valence electrons. The summed E-state index contributed by atoms with van der Waals surface area (Å²) in [6, 6.07) is 22.0. The van der Waals surface area contributed by atoms with Crippen LogP contribution in [0.5, 0.6) is 0 Å². The lowest BCUT2D eigenvalue weighted by Gasteiger charge is -2.17. The monoisotopic (exact) mass is 408 g/mol. The van der Waals surface area contributed by atoms with Gasteiger partial charge in [-0.1, -0.05) is 54.6 Å². The van der Waals surface area contributed by atoms with Gasteiger partial charge >= 0.3 is 0 Å². The van der Waals surface area contributed by atoms with Crippen molar-refractivity contribution in [3.05, 3.63) is 101 Å². The average molecular weight is 408 g/mol. The Labute approximate surface area is 173 Å². The molecule has 3 rings (SSSR count). The Morgan fingerprint density at radius 1 is 0.897 bits per heavy atom. The molecule has 0 bridgehead atoms.